The molecule has 2 nitrogen and oxygen atoms in total. The Morgan fingerprint density at radius 1 is 1.15 bits per heavy atom. The molecule has 0 unspecified atom stereocenters. The number of hydrogen-bond donors (Lipinski definition) is 0. The summed E-state index contributed by atoms with van der Waals surface area (Å²) in [4.78, 5) is 7.79. The molecule has 0 aliphatic heterocycles. The van der Waals surface area contributed by atoms with Gasteiger partial charge in [0.05, 0.1) is 5.69 Å². The predicted molar refractivity (Wildman–Crippen MR) is 54.0 cm³/mol. The summed E-state index contributed by atoms with van der Waals surface area (Å²) < 4.78 is 1.03. The quantitative estimate of drug-likeness (QED) is 0.758. The average molecular weight is 234 g/mol. The highest BCUT2D eigenvalue weighted by molar-refractivity contribution is 9.10. The van der Waals surface area contributed by atoms with Gasteiger partial charge in [0.1, 0.15) is 0 Å². The molecule has 1 radical (unpaired) electrons. The molecule has 0 bridgehead atoms. The molecule has 0 saturated heterocycles. The summed E-state index contributed by atoms with van der Waals surface area (Å²) >= 11 is 3.46. The molecule has 3 heteroatoms. The third-order valence-corrected chi connectivity index (χ3v) is 2.38. The van der Waals surface area contributed by atoms with Crippen molar-refractivity contribution in [3.8, 4) is 11.3 Å². The minimum atomic E-state index is 0.877. The van der Waals surface area contributed by atoms with E-state index in [9.17, 15) is 0 Å². The molecule has 63 valence electrons. The lowest BCUT2D eigenvalue weighted by molar-refractivity contribution is 1.15. The molecule has 0 saturated carbocycles. The zero-order valence-electron chi connectivity index (χ0n) is 6.74. The van der Waals surface area contributed by atoms with Gasteiger partial charge in [-0.1, -0.05) is 34.1 Å². The molecular formula is C10H6BrN2. The molecule has 2 aromatic rings. The topological polar surface area (TPSA) is 25.8 Å². The van der Waals surface area contributed by atoms with Crippen molar-refractivity contribution in [3.05, 3.63) is 47.3 Å². The van der Waals surface area contributed by atoms with E-state index in [-0.39, 0.29) is 0 Å². The zero-order chi connectivity index (χ0) is 9.10. The van der Waals surface area contributed by atoms with Gasteiger partial charge in [-0.05, 0) is 12.1 Å². The van der Waals surface area contributed by atoms with E-state index < -0.39 is 0 Å². The normalized spacial score (nSPS) is 9.92. The molecule has 1 aromatic heterocycles. The molecule has 0 aliphatic carbocycles. The van der Waals surface area contributed by atoms with Crippen LogP contribution in [0.15, 0.2) is 41.0 Å². The average Bonchev–Trinajstić information content (AvgIpc) is 2.20. The lowest BCUT2D eigenvalue weighted by Gasteiger charge is -2.00. The summed E-state index contributed by atoms with van der Waals surface area (Å²) in [6, 6.07) is 9.79. The second kappa shape index (κ2) is 3.66. The van der Waals surface area contributed by atoms with E-state index in [0.29, 0.717) is 0 Å². The van der Waals surface area contributed by atoms with Crippen LogP contribution in [-0.2, 0) is 0 Å². The van der Waals surface area contributed by atoms with Crippen LogP contribution < -0.4 is 0 Å². The van der Waals surface area contributed by atoms with E-state index in [4.69, 9.17) is 0 Å². The van der Waals surface area contributed by atoms with Crippen LogP contribution in [0.5, 0.6) is 0 Å². The Kier molecular flexibility index (Phi) is 2.36. The van der Waals surface area contributed by atoms with Gasteiger partial charge in [0.25, 0.3) is 0 Å². The number of nitrogens with zero attached hydrogens (tertiary/aromatic N) is 2. The fourth-order valence-corrected chi connectivity index (χ4v) is 1.57. The molecule has 1 heterocycles. The van der Waals surface area contributed by atoms with Gasteiger partial charge in [0, 0.05) is 16.2 Å². The Morgan fingerprint density at radius 3 is 2.69 bits per heavy atom. The highest BCUT2D eigenvalue weighted by atomic mass is 79.9. The van der Waals surface area contributed by atoms with Crippen LogP contribution in [0.4, 0.5) is 0 Å². The first-order chi connectivity index (χ1) is 6.38. The molecule has 0 amide bonds. The highest BCUT2D eigenvalue weighted by Crippen LogP contribution is 2.25. The smallest absolute Gasteiger partial charge is 0.198 e. The number of hydrogen-bond acceptors (Lipinski definition) is 2. The van der Waals surface area contributed by atoms with Crippen LogP contribution in [0, 0.1) is 6.33 Å². The largest absolute Gasteiger partial charge is 0.234 e. The first kappa shape index (κ1) is 8.38. The van der Waals surface area contributed by atoms with Crippen molar-refractivity contribution in [2.24, 2.45) is 0 Å². The SMILES string of the molecule is Brc1ccccc1-c1ccn[c]n1. The van der Waals surface area contributed by atoms with Gasteiger partial charge in [-0.3, -0.25) is 0 Å². The first-order valence-electron chi connectivity index (χ1n) is 3.82. The standard InChI is InChI=1S/C10H6BrN2/c11-9-4-2-1-3-8(9)10-5-6-12-7-13-10/h1-6H. The number of halogens is 1. The summed E-state index contributed by atoms with van der Waals surface area (Å²) in [6.45, 7) is 0. The monoisotopic (exact) mass is 233 g/mol. The molecule has 2 rings (SSSR count). The fourth-order valence-electron chi connectivity index (χ4n) is 1.08. The van der Waals surface area contributed by atoms with Gasteiger partial charge in [-0.15, -0.1) is 0 Å². The molecule has 0 N–H and O–H groups in total. The van der Waals surface area contributed by atoms with Crippen LogP contribution in [0.1, 0.15) is 0 Å². The zero-order valence-corrected chi connectivity index (χ0v) is 8.32. The molecule has 0 fully saturated rings. The third-order valence-electron chi connectivity index (χ3n) is 1.68. The molecule has 1 aromatic carbocycles. The maximum absolute atomic E-state index is 4.04. The van der Waals surface area contributed by atoms with E-state index in [1.807, 2.05) is 30.3 Å². The van der Waals surface area contributed by atoms with E-state index >= 15 is 0 Å². The van der Waals surface area contributed by atoms with Crippen LogP contribution in [0.2, 0.25) is 0 Å². The van der Waals surface area contributed by atoms with Gasteiger partial charge in [0.2, 0.25) is 0 Å². The minimum absolute atomic E-state index is 0.877. The lowest BCUT2D eigenvalue weighted by Crippen LogP contribution is -1.84. The summed E-state index contributed by atoms with van der Waals surface area (Å²) in [5, 5.41) is 0. The van der Waals surface area contributed by atoms with Crippen molar-refractivity contribution in [1.82, 2.24) is 9.97 Å². The van der Waals surface area contributed by atoms with E-state index in [1.165, 1.54) is 0 Å². The molecule has 13 heavy (non-hydrogen) atoms. The van der Waals surface area contributed by atoms with E-state index in [0.717, 1.165) is 15.7 Å². The maximum Gasteiger partial charge on any atom is 0.198 e. The van der Waals surface area contributed by atoms with Crippen LogP contribution in [0.25, 0.3) is 11.3 Å². The second-order valence-electron chi connectivity index (χ2n) is 2.52. The van der Waals surface area contributed by atoms with Gasteiger partial charge in [0.15, 0.2) is 6.33 Å². The molecule has 0 atom stereocenters. The molecular weight excluding hydrogens is 228 g/mol. The number of aromatic nitrogens is 2. The van der Waals surface area contributed by atoms with Gasteiger partial charge in [-0.2, -0.15) is 0 Å². The van der Waals surface area contributed by atoms with Crippen LogP contribution in [0.3, 0.4) is 0 Å². The minimum Gasteiger partial charge on any atom is -0.234 e. The van der Waals surface area contributed by atoms with Crippen molar-refractivity contribution in [2.75, 3.05) is 0 Å². The Morgan fingerprint density at radius 2 is 2.00 bits per heavy atom. The van der Waals surface area contributed by atoms with Crippen molar-refractivity contribution in [2.45, 2.75) is 0 Å². The lowest BCUT2D eigenvalue weighted by atomic mass is 10.1. The van der Waals surface area contributed by atoms with E-state index in [1.54, 1.807) is 6.20 Å². The Labute approximate surface area is 84.8 Å². The maximum atomic E-state index is 4.04. The predicted octanol–water partition coefficient (Wildman–Crippen LogP) is 2.71. The second-order valence-corrected chi connectivity index (χ2v) is 3.38. The Bertz CT molecular complexity index is 401. The van der Waals surface area contributed by atoms with Crippen LogP contribution >= 0.6 is 15.9 Å². The van der Waals surface area contributed by atoms with Gasteiger partial charge in [-0.25, -0.2) is 9.97 Å². The van der Waals surface area contributed by atoms with Crippen molar-refractivity contribution in [1.29, 1.82) is 0 Å². The summed E-state index contributed by atoms with van der Waals surface area (Å²) in [7, 11) is 0. The van der Waals surface area contributed by atoms with Crippen molar-refractivity contribution < 1.29 is 0 Å². The highest BCUT2D eigenvalue weighted by Gasteiger charge is 2.01. The Hall–Kier alpha value is -1.22. The summed E-state index contributed by atoms with van der Waals surface area (Å²) in [5.41, 5.74) is 1.93. The van der Waals surface area contributed by atoms with E-state index in [2.05, 4.69) is 32.2 Å². The molecule has 0 spiro atoms. The first-order valence-corrected chi connectivity index (χ1v) is 4.61. The molecule has 0 aliphatic rings. The van der Waals surface area contributed by atoms with Crippen LogP contribution in [-0.4, -0.2) is 9.97 Å². The number of benzene rings is 1. The van der Waals surface area contributed by atoms with Gasteiger partial charge < -0.3 is 0 Å². The van der Waals surface area contributed by atoms with Crippen molar-refractivity contribution in [3.63, 3.8) is 0 Å². The summed E-state index contributed by atoms with van der Waals surface area (Å²) in [6.07, 6.45) is 4.25. The van der Waals surface area contributed by atoms with Gasteiger partial charge >= 0.3 is 0 Å². The summed E-state index contributed by atoms with van der Waals surface area (Å²) in [5.74, 6) is 0. The Balaban J connectivity index is 2.54. The fraction of sp³-hybridized carbons (Fsp3) is 0. The van der Waals surface area contributed by atoms with Crippen molar-refractivity contribution >= 4 is 15.9 Å². The third kappa shape index (κ3) is 1.75. The number of rotatable bonds is 1.